The Bertz CT molecular complexity index is 1030. The second-order valence-electron chi connectivity index (χ2n) is 5.75. The van der Waals surface area contributed by atoms with E-state index < -0.39 is 17.6 Å². The molecule has 0 atom stereocenters. The number of nitrogens with zero attached hydrogens (tertiary/aromatic N) is 3. The summed E-state index contributed by atoms with van der Waals surface area (Å²) in [5.41, 5.74) is 0.00240. The van der Waals surface area contributed by atoms with Gasteiger partial charge in [0.2, 0.25) is 5.82 Å². The van der Waals surface area contributed by atoms with Crippen LogP contribution in [0.1, 0.15) is 11.4 Å². The third-order valence-corrected chi connectivity index (χ3v) is 3.98. The molecular weight excluding hydrogens is 341 g/mol. The van der Waals surface area contributed by atoms with Gasteiger partial charge < -0.3 is 5.32 Å². The van der Waals surface area contributed by atoms with E-state index >= 15 is 0 Å². The molecule has 0 fully saturated rings. The van der Waals surface area contributed by atoms with Crippen molar-refractivity contribution in [3.63, 3.8) is 0 Å². The molecule has 3 aromatic rings. The Kier molecular flexibility index (Phi) is 3.91. The average molecular weight is 354 g/mol. The van der Waals surface area contributed by atoms with Gasteiger partial charge in [0.05, 0.1) is 12.1 Å². The van der Waals surface area contributed by atoms with Crippen LogP contribution < -0.4 is 5.32 Å². The van der Waals surface area contributed by atoms with Crippen molar-refractivity contribution >= 4 is 22.6 Å². The zero-order valence-corrected chi connectivity index (χ0v) is 13.5. The molecule has 0 radical (unpaired) electrons. The van der Waals surface area contributed by atoms with Crippen LogP contribution in [0.25, 0.3) is 10.9 Å². The van der Waals surface area contributed by atoms with Crippen molar-refractivity contribution in [1.82, 2.24) is 9.97 Å². The van der Waals surface area contributed by atoms with Gasteiger partial charge >= 0.3 is 5.92 Å². The Balaban J connectivity index is 1.84. The second kappa shape index (κ2) is 6.25. The van der Waals surface area contributed by atoms with Gasteiger partial charge in [-0.3, -0.25) is 4.99 Å². The molecule has 0 unspecified atom stereocenters. The van der Waals surface area contributed by atoms with Gasteiger partial charge in [-0.15, -0.1) is 0 Å². The van der Waals surface area contributed by atoms with Crippen LogP contribution in [0.3, 0.4) is 0 Å². The van der Waals surface area contributed by atoms with Gasteiger partial charge in [-0.2, -0.15) is 8.78 Å². The van der Waals surface area contributed by atoms with Crippen molar-refractivity contribution in [2.75, 3.05) is 11.9 Å². The molecule has 0 saturated heterocycles. The van der Waals surface area contributed by atoms with Crippen LogP contribution in [0.15, 0.2) is 65.7 Å². The van der Waals surface area contributed by atoms with Gasteiger partial charge in [0.25, 0.3) is 0 Å². The van der Waals surface area contributed by atoms with E-state index in [1.54, 1.807) is 30.3 Å². The molecule has 0 saturated carbocycles. The summed E-state index contributed by atoms with van der Waals surface area (Å²) in [6.07, 6.45) is 3.61. The molecule has 1 aromatic heterocycles. The molecule has 0 amide bonds. The number of aromatic nitrogens is 2. The average Bonchev–Trinajstić information content (AvgIpc) is 3.15. The zero-order valence-electron chi connectivity index (χ0n) is 13.5. The van der Waals surface area contributed by atoms with E-state index in [0.717, 1.165) is 24.3 Å². The maximum Gasteiger partial charge on any atom is 0.331 e. The standard InChI is InChI=1S/C19H13F3N4/c20-13-9-7-12(8-10-13)19(21,22)18-24-15-5-2-1-4-14(15)17(26-18)25-16-6-3-11-23-16/h1-10H,11H2,(H,23,24,25,26). The predicted octanol–water partition coefficient (Wildman–Crippen LogP) is 4.29. The molecule has 4 rings (SSSR count). The highest BCUT2D eigenvalue weighted by Crippen LogP contribution is 2.35. The van der Waals surface area contributed by atoms with Gasteiger partial charge in [0, 0.05) is 10.9 Å². The lowest BCUT2D eigenvalue weighted by atomic mass is 10.1. The highest BCUT2D eigenvalue weighted by molar-refractivity contribution is 6.08. The largest absolute Gasteiger partial charge is 0.331 e. The number of benzene rings is 2. The second-order valence-corrected chi connectivity index (χ2v) is 5.75. The summed E-state index contributed by atoms with van der Waals surface area (Å²) >= 11 is 0. The van der Waals surface area contributed by atoms with Gasteiger partial charge in [0.15, 0.2) is 0 Å². The maximum atomic E-state index is 14.9. The smallest absolute Gasteiger partial charge is 0.325 e. The molecule has 26 heavy (non-hydrogen) atoms. The molecule has 2 aromatic carbocycles. The Morgan fingerprint density at radius 1 is 0.962 bits per heavy atom. The number of rotatable bonds is 3. The van der Waals surface area contributed by atoms with E-state index in [4.69, 9.17) is 0 Å². The fraction of sp³-hybridized carbons (Fsp3) is 0.105. The number of nitrogens with one attached hydrogen (secondary N) is 1. The van der Waals surface area contributed by atoms with Gasteiger partial charge in [-0.1, -0.05) is 18.2 Å². The third-order valence-electron chi connectivity index (χ3n) is 3.98. The van der Waals surface area contributed by atoms with Crippen molar-refractivity contribution in [2.24, 2.45) is 4.99 Å². The third kappa shape index (κ3) is 2.92. The minimum Gasteiger partial charge on any atom is -0.325 e. The van der Waals surface area contributed by atoms with Crippen molar-refractivity contribution in [1.29, 1.82) is 0 Å². The summed E-state index contributed by atoms with van der Waals surface area (Å²) in [5.74, 6) is -3.92. The molecule has 1 N–H and O–H groups in total. The molecule has 1 aliphatic rings. The molecule has 0 spiro atoms. The number of hydrogen-bond donors (Lipinski definition) is 1. The van der Waals surface area contributed by atoms with E-state index in [-0.39, 0.29) is 11.4 Å². The monoisotopic (exact) mass is 354 g/mol. The number of alkyl halides is 2. The zero-order chi connectivity index (χ0) is 18.1. The van der Waals surface area contributed by atoms with Crippen LogP contribution in [0.5, 0.6) is 0 Å². The number of amidine groups is 1. The van der Waals surface area contributed by atoms with Crippen LogP contribution in [-0.4, -0.2) is 22.3 Å². The summed E-state index contributed by atoms with van der Waals surface area (Å²) in [6.45, 7) is 0.532. The first kappa shape index (κ1) is 16.3. The topological polar surface area (TPSA) is 50.2 Å². The first-order chi connectivity index (χ1) is 12.5. The van der Waals surface area contributed by atoms with Crippen molar-refractivity contribution in [2.45, 2.75) is 5.92 Å². The molecule has 7 heteroatoms. The van der Waals surface area contributed by atoms with E-state index in [1.807, 2.05) is 6.08 Å². The number of anilines is 1. The summed E-state index contributed by atoms with van der Waals surface area (Å²) in [6, 6.07) is 10.9. The fourth-order valence-electron chi connectivity index (χ4n) is 2.67. The molecule has 0 bridgehead atoms. The van der Waals surface area contributed by atoms with E-state index in [1.165, 1.54) is 0 Å². The highest BCUT2D eigenvalue weighted by Gasteiger charge is 2.38. The number of halogens is 3. The Labute approximate surface area is 147 Å². The minimum atomic E-state index is -3.47. The number of hydrogen-bond acceptors (Lipinski definition) is 4. The van der Waals surface area contributed by atoms with Crippen molar-refractivity contribution in [3.8, 4) is 0 Å². The number of aliphatic imine (C=N–C) groups is 1. The maximum absolute atomic E-state index is 14.9. The first-order valence-corrected chi connectivity index (χ1v) is 7.93. The van der Waals surface area contributed by atoms with Crippen LogP contribution in [0.2, 0.25) is 0 Å². The summed E-state index contributed by atoms with van der Waals surface area (Å²) < 4.78 is 42.9. The highest BCUT2D eigenvalue weighted by atomic mass is 19.3. The summed E-state index contributed by atoms with van der Waals surface area (Å²) in [7, 11) is 0. The molecule has 0 aliphatic carbocycles. The normalized spacial score (nSPS) is 13.9. The number of para-hydroxylation sites is 1. The minimum absolute atomic E-state index is 0.248. The van der Waals surface area contributed by atoms with E-state index in [2.05, 4.69) is 20.3 Å². The Morgan fingerprint density at radius 2 is 1.73 bits per heavy atom. The quantitative estimate of drug-likeness (QED) is 0.763. The van der Waals surface area contributed by atoms with Gasteiger partial charge in [-0.05, 0) is 42.5 Å². The van der Waals surface area contributed by atoms with Crippen LogP contribution in [0.4, 0.5) is 19.0 Å². The van der Waals surface area contributed by atoms with E-state index in [9.17, 15) is 13.2 Å². The summed E-state index contributed by atoms with van der Waals surface area (Å²) in [5, 5.41) is 3.58. The number of fused-ring (bicyclic) bond motifs is 1. The lowest BCUT2D eigenvalue weighted by molar-refractivity contribution is 0.0333. The predicted molar refractivity (Wildman–Crippen MR) is 94.0 cm³/mol. The van der Waals surface area contributed by atoms with Crippen LogP contribution >= 0.6 is 0 Å². The lowest BCUT2D eigenvalue weighted by Gasteiger charge is -2.17. The van der Waals surface area contributed by atoms with Gasteiger partial charge in [-0.25, -0.2) is 14.4 Å². The molecule has 4 nitrogen and oxygen atoms in total. The van der Waals surface area contributed by atoms with Crippen molar-refractivity contribution < 1.29 is 13.2 Å². The first-order valence-electron chi connectivity index (χ1n) is 7.93. The van der Waals surface area contributed by atoms with Crippen LogP contribution in [0, 0.1) is 5.82 Å². The lowest BCUT2D eigenvalue weighted by Crippen LogP contribution is -2.21. The van der Waals surface area contributed by atoms with E-state index in [0.29, 0.717) is 23.3 Å². The SMILES string of the molecule is Fc1ccc(C(F)(F)c2nc(NC3=NCC=C3)c3ccccc3n2)cc1. The van der Waals surface area contributed by atoms with Crippen LogP contribution in [-0.2, 0) is 5.92 Å². The Hall–Kier alpha value is -3.22. The molecular formula is C19H13F3N4. The van der Waals surface area contributed by atoms with Gasteiger partial charge in [0.1, 0.15) is 17.5 Å². The summed E-state index contributed by atoms with van der Waals surface area (Å²) in [4.78, 5) is 12.3. The fourth-order valence-corrected chi connectivity index (χ4v) is 2.67. The molecule has 2 heterocycles. The molecule has 1 aliphatic heterocycles. The van der Waals surface area contributed by atoms with Crippen molar-refractivity contribution in [3.05, 3.63) is 77.9 Å². The Morgan fingerprint density at radius 3 is 2.46 bits per heavy atom. The molecule has 130 valence electrons.